The minimum atomic E-state index is -0.171. The maximum Gasteiger partial charge on any atom is 0.261 e. The topological polar surface area (TPSA) is 49.3 Å². The average molecular weight is 370 g/mol. The largest absolute Gasteiger partial charge is 0.384 e. The van der Waals surface area contributed by atoms with Crippen molar-refractivity contribution in [3.05, 3.63) is 42.7 Å². The van der Waals surface area contributed by atoms with Crippen LogP contribution in [0.1, 0.15) is 19.4 Å². The number of aliphatic hydroxyl groups is 1. The van der Waals surface area contributed by atoms with Crippen LogP contribution in [0, 0.1) is 11.8 Å². The summed E-state index contributed by atoms with van der Waals surface area (Å²) < 4.78 is 1.10. The summed E-state index contributed by atoms with van der Waals surface area (Å²) in [5, 5.41) is 11.5. The van der Waals surface area contributed by atoms with Crippen molar-refractivity contribution < 1.29 is 9.90 Å². The number of aliphatic hydroxyl groups excluding tert-OH is 1. The molecule has 3 nitrogen and oxygen atoms in total. The third-order valence-electron chi connectivity index (χ3n) is 2.41. The normalized spacial score (nSPS) is 9.90. The second-order valence-electron chi connectivity index (χ2n) is 3.84. The van der Waals surface area contributed by atoms with Gasteiger partial charge < -0.3 is 10.4 Å². The summed E-state index contributed by atoms with van der Waals surface area (Å²) in [6.45, 7) is 0.442. The molecule has 6 heteroatoms. The number of hydrogen-bond acceptors (Lipinski definition) is 4. The van der Waals surface area contributed by atoms with Crippen LogP contribution in [-0.2, 0) is 6.42 Å². The summed E-state index contributed by atoms with van der Waals surface area (Å²) in [5.41, 5.74) is 0. The van der Waals surface area contributed by atoms with Gasteiger partial charge in [0, 0.05) is 11.4 Å². The van der Waals surface area contributed by atoms with Gasteiger partial charge in [-0.3, -0.25) is 4.79 Å². The lowest BCUT2D eigenvalue weighted by Crippen LogP contribution is -2.24. The van der Waals surface area contributed by atoms with Gasteiger partial charge in [-0.05, 0) is 46.6 Å². The van der Waals surface area contributed by atoms with Gasteiger partial charge >= 0.3 is 0 Å². The van der Waals surface area contributed by atoms with Gasteiger partial charge in [0.15, 0.2) is 0 Å². The molecular weight excluding hydrogens is 358 g/mol. The highest BCUT2D eigenvalue weighted by molar-refractivity contribution is 9.11. The van der Waals surface area contributed by atoms with Gasteiger partial charge in [0.25, 0.3) is 5.91 Å². The van der Waals surface area contributed by atoms with Crippen molar-refractivity contribution in [1.29, 1.82) is 0 Å². The van der Waals surface area contributed by atoms with Crippen molar-refractivity contribution in [2.75, 3.05) is 13.2 Å². The van der Waals surface area contributed by atoms with Crippen LogP contribution in [0.3, 0.4) is 0 Å². The van der Waals surface area contributed by atoms with Gasteiger partial charge in [-0.15, -0.1) is 22.7 Å². The molecule has 0 aliphatic heterocycles. The van der Waals surface area contributed by atoms with E-state index in [-0.39, 0.29) is 12.5 Å². The van der Waals surface area contributed by atoms with Crippen LogP contribution in [0.25, 0.3) is 0 Å². The van der Waals surface area contributed by atoms with Crippen LogP contribution in [0.2, 0.25) is 0 Å². The summed E-state index contributed by atoms with van der Waals surface area (Å²) in [7, 11) is 0. The number of rotatable bonds is 4. The van der Waals surface area contributed by atoms with E-state index in [4.69, 9.17) is 5.11 Å². The van der Waals surface area contributed by atoms with Gasteiger partial charge in [0.1, 0.15) is 6.61 Å². The Morgan fingerprint density at radius 2 is 2.15 bits per heavy atom. The fourth-order valence-corrected chi connectivity index (χ4v) is 3.81. The highest BCUT2D eigenvalue weighted by Crippen LogP contribution is 2.22. The molecule has 0 aromatic carbocycles. The molecule has 0 radical (unpaired) electrons. The fourth-order valence-electron chi connectivity index (χ4n) is 1.53. The summed E-state index contributed by atoms with van der Waals surface area (Å²) in [6.07, 6.45) is 0.824. The van der Waals surface area contributed by atoms with E-state index in [1.165, 1.54) is 16.2 Å². The van der Waals surface area contributed by atoms with Crippen molar-refractivity contribution in [2.24, 2.45) is 0 Å². The molecule has 2 aromatic rings. The zero-order valence-electron chi connectivity index (χ0n) is 10.5. The molecular formula is C14H12BrNO2S2. The molecule has 0 atom stereocenters. The molecule has 1 amide bonds. The molecule has 0 fully saturated rings. The minimum Gasteiger partial charge on any atom is -0.384 e. The molecule has 2 N–H and O–H groups in total. The minimum absolute atomic E-state index is 0.0809. The summed E-state index contributed by atoms with van der Waals surface area (Å²) in [5.74, 6) is 5.27. The number of carbonyl (C=O) groups excluding carboxylic acids is 1. The number of hydrogen-bond donors (Lipinski definition) is 2. The Balaban J connectivity index is 1.84. The van der Waals surface area contributed by atoms with Gasteiger partial charge in [0.2, 0.25) is 0 Å². The lowest BCUT2D eigenvalue weighted by atomic mass is 10.3. The van der Waals surface area contributed by atoms with E-state index in [1.54, 1.807) is 23.5 Å². The number of halogens is 1. The quantitative estimate of drug-likeness (QED) is 0.814. The number of thiophene rings is 2. The fraction of sp³-hybridized carbons (Fsp3) is 0.214. The lowest BCUT2D eigenvalue weighted by Gasteiger charge is -2.01. The van der Waals surface area contributed by atoms with E-state index in [2.05, 4.69) is 39.2 Å². The van der Waals surface area contributed by atoms with E-state index < -0.39 is 0 Å². The molecule has 20 heavy (non-hydrogen) atoms. The molecule has 0 spiro atoms. The maximum absolute atomic E-state index is 11.9. The molecule has 0 saturated heterocycles. The Bertz CT molecular complexity index is 651. The average Bonchev–Trinajstić information content (AvgIpc) is 3.05. The van der Waals surface area contributed by atoms with E-state index >= 15 is 0 Å². The zero-order chi connectivity index (χ0) is 14.4. The third kappa shape index (κ3) is 4.46. The van der Waals surface area contributed by atoms with Crippen molar-refractivity contribution in [3.8, 4) is 11.8 Å². The Labute approximate surface area is 133 Å². The zero-order valence-corrected chi connectivity index (χ0v) is 13.7. The second kappa shape index (κ2) is 7.60. The van der Waals surface area contributed by atoms with Gasteiger partial charge in [-0.1, -0.05) is 11.8 Å². The number of carbonyl (C=O) groups is 1. The Hall–Kier alpha value is -1.13. The van der Waals surface area contributed by atoms with Gasteiger partial charge in [-0.25, -0.2) is 0 Å². The summed E-state index contributed by atoms with van der Waals surface area (Å²) >= 11 is 6.42. The predicted molar refractivity (Wildman–Crippen MR) is 86.3 cm³/mol. The van der Waals surface area contributed by atoms with E-state index in [0.29, 0.717) is 11.4 Å². The second-order valence-corrected chi connectivity index (χ2v) is 7.47. The SMILES string of the molecule is O=C(NCCc1ccc(Br)s1)c1ccc(C#CCO)s1. The van der Waals surface area contributed by atoms with Crippen LogP contribution in [-0.4, -0.2) is 24.2 Å². The first kappa shape index (κ1) is 15.3. The molecule has 104 valence electrons. The monoisotopic (exact) mass is 369 g/mol. The molecule has 0 aliphatic carbocycles. The Morgan fingerprint density at radius 1 is 1.30 bits per heavy atom. The van der Waals surface area contributed by atoms with Crippen molar-refractivity contribution in [3.63, 3.8) is 0 Å². The molecule has 2 aromatic heterocycles. The first-order valence-corrected chi connectivity index (χ1v) is 8.33. The van der Waals surface area contributed by atoms with Crippen LogP contribution in [0.4, 0.5) is 0 Å². The number of nitrogens with one attached hydrogen (secondary N) is 1. The third-order valence-corrected chi connectivity index (χ3v) is 5.09. The summed E-state index contributed by atoms with van der Waals surface area (Å²) in [6, 6.07) is 7.60. The first-order valence-electron chi connectivity index (χ1n) is 5.91. The highest BCUT2D eigenvalue weighted by atomic mass is 79.9. The van der Waals surface area contributed by atoms with Crippen molar-refractivity contribution in [2.45, 2.75) is 6.42 Å². The smallest absolute Gasteiger partial charge is 0.261 e. The van der Waals surface area contributed by atoms with Gasteiger partial charge in [0.05, 0.1) is 13.5 Å². The van der Waals surface area contributed by atoms with E-state index in [1.807, 2.05) is 6.07 Å². The molecule has 2 heterocycles. The summed E-state index contributed by atoms with van der Waals surface area (Å²) in [4.78, 5) is 14.6. The molecule has 0 bridgehead atoms. The maximum atomic E-state index is 11.9. The van der Waals surface area contributed by atoms with Crippen LogP contribution < -0.4 is 5.32 Å². The van der Waals surface area contributed by atoms with E-state index in [9.17, 15) is 4.79 Å². The molecule has 0 saturated carbocycles. The molecule has 0 aliphatic rings. The molecule has 0 unspecified atom stereocenters. The van der Waals surface area contributed by atoms with Crippen LogP contribution in [0.15, 0.2) is 28.1 Å². The predicted octanol–water partition coefficient (Wildman–Crippen LogP) is 2.89. The number of amides is 1. The highest BCUT2D eigenvalue weighted by Gasteiger charge is 2.08. The standard InChI is InChI=1S/C14H12BrNO2S2/c15-13-6-4-11(20-13)7-8-16-14(18)12-5-3-10(19-12)2-1-9-17/h3-6,17H,7-9H2,(H,16,18). The first-order chi connectivity index (χ1) is 9.69. The molecule has 2 rings (SSSR count). The lowest BCUT2D eigenvalue weighted by molar-refractivity contribution is 0.0958. The van der Waals surface area contributed by atoms with Crippen molar-refractivity contribution in [1.82, 2.24) is 5.32 Å². The van der Waals surface area contributed by atoms with Crippen molar-refractivity contribution >= 4 is 44.5 Å². The Morgan fingerprint density at radius 3 is 2.85 bits per heavy atom. The van der Waals surface area contributed by atoms with E-state index in [0.717, 1.165) is 15.1 Å². The Kier molecular flexibility index (Phi) is 5.80. The van der Waals surface area contributed by atoms with Crippen LogP contribution in [0.5, 0.6) is 0 Å². The van der Waals surface area contributed by atoms with Crippen LogP contribution >= 0.6 is 38.6 Å². The van der Waals surface area contributed by atoms with Gasteiger partial charge in [-0.2, -0.15) is 0 Å².